The summed E-state index contributed by atoms with van der Waals surface area (Å²) in [4.78, 5) is 16.5. The number of nitrogens with zero attached hydrogens (tertiary/aromatic N) is 1. The highest BCUT2D eigenvalue weighted by Crippen LogP contribution is 2.25. The van der Waals surface area contributed by atoms with Gasteiger partial charge in [-0.25, -0.2) is 4.98 Å². The average molecular weight is 332 g/mol. The van der Waals surface area contributed by atoms with E-state index in [2.05, 4.69) is 27.8 Å². The second kappa shape index (κ2) is 7.79. The number of nitrogens with one attached hydrogen (secondary N) is 1. The van der Waals surface area contributed by atoms with Gasteiger partial charge < -0.3 is 5.32 Å². The predicted molar refractivity (Wildman–Crippen MR) is 94.1 cm³/mol. The number of rotatable bonds is 6. The molecular formula is C17H20N2OS2. The third-order valence-electron chi connectivity index (χ3n) is 3.78. The van der Waals surface area contributed by atoms with Crippen LogP contribution in [-0.4, -0.2) is 22.7 Å². The van der Waals surface area contributed by atoms with Gasteiger partial charge in [0, 0.05) is 22.7 Å². The van der Waals surface area contributed by atoms with Gasteiger partial charge >= 0.3 is 0 Å². The van der Waals surface area contributed by atoms with Crippen molar-refractivity contribution in [1.29, 1.82) is 0 Å². The lowest BCUT2D eigenvalue weighted by Crippen LogP contribution is -2.33. The molecule has 0 unspecified atom stereocenters. The lowest BCUT2D eigenvalue weighted by Gasteiger charge is -2.11. The molecule has 22 heavy (non-hydrogen) atoms. The Morgan fingerprint density at radius 1 is 1.27 bits per heavy atom. The summed E-state index contributed by atoms with van der Waals surface area (Å²) in [6.45, 7) is 0. The van der Waals surface area contributed by atoms with Gasteiger partial charge in [-0.1, -0.05) is 43.2 Å². The monoisotopic (exact) mass is 332 g/mol. The zero-order valence-corrected chi connectivity index (χ0v) is 14.1. The Hall–Kier alpha value is -1.33. The first-order chi connectivity index (χ1) is 10.8. The van der Waals surface area contributed by atoms with Crippen LogP contribution in [0.4, 0.5) is 0 Å². The Morgan fingerprint density at radius 3 is 2.82 bits per heavy atom. The standard InChI is InChI=1S/C17H20N2OS2/c20-16(18-14-8-4-5-9-14)12-21-10-15-11-22-17(19-15)13-6-2-1-3-7-13/h1-3,6-7,11,14H,4-5,8-10,12H2,(H,18,20). The van der Waals surface area contributed by atoms with Crippen molar-refractivity contribution in [3.63, 3.8) is 0 Å². The van der Waals surface area contributed by atoms with Crippen LogP contribution in [0.15, 0.2) is 35.7 Å². The van der Waals surface area contributed by atoms with Gasteiger partial charge in [-0.05, 0) is 12.8 Å². The van der Waals surface area contributed by atoms with Crippen LogP contribution in [0.5, 0.6) is 0 Å². The van der Waals surface area contributed by atoms with E-state index in [4.69, 9.17) is 0 Å². The van der Waals surface area contributed by atoms with E-state index in [1.165, 1.54) is 12.8 Å². The Morgan fingerprint density at radius 2 is 2.05 bits per heavy atom. The normalized spacial score (nSPS) is 15.1. The quantitative estimate of drug-likeness (QED) is 0.866. The first kappa shape index (κ1) is 15.6. The molecule has 1 saturated carbocycles. The van der Waals surface area contributed by atoms with Crippen LogP contribution in [0, 0.1) is 0 Å². The maximum absolute atomic E-state index is 11.9. The Bertz CT molecular complexity index is 606. The molecule has 5 heteroatoms. The zero-order chi connectivity index (χ0) is 15.2. The van der Waals surface area contributed by atoms with Crippen molar-refractivity contribution < 1.29 is 4.79 Å². The molecule has 0 radical (unpaired) electrons. The Kier molecular flexibility index (Phi) is 5.51. The predicted octanol–water partition coefficient (Wildman–Crippen LogP) is 4.10. The van der Waals surface area contributed by atoms with Crippen molar-refractivity contribution in [2.45, 2.75) is 37.5 Å². The fourth-order valence-corrected chi connectivity index (χ4v) is 4.33. The summed E-state index contributed by atoms with van der Waals surface area (Å²) in [5.41, 5.74) is 2.21. The smallest absolute Gasteiger partial charge is 0.230 e. The molecule has 1 aliphatic carbocycles. The van der Waals surface area contributed by atoms with Crippen molar-refractivity contribution in [2.24, 2.45) is 0 Å². The summed E-state index contributed by atoms with van der Waals surface area (Å²) >= 11 is 3.30. The molecule has 0 aliphatic heterocycles. The molecule has 0 spiro atoms. The van der Waals surface area contributed by atoms with E-state index in [1.807, 2.05) is 18.2 Å². The van der Waals surface area contributed by atoms with E-state index < -0.39 is 0 Å². The van der Waals surface area contributed by atoms with E-state index >= 15 is 0 Å². The summed E-state index contributed by atoms with van der Waals surface area (Å²) < 4.78 is 0. The fraction of sp³-hybridized carbons (Fsp3) is 0.412. The Labute approximate surface area is 139 Å². The van der Waals surface area contributed by atoms with Gasteiger partial charge in [0.05, 0.1) is 11.4 Å². The van der Waals surface area contributed by atoms with Gasteiger partial charge in [-0.2, -0.15) is 0 Å². The van der Waals surface area contributed by atoms with Crippen LogP contribution >= 0.6 is 23.1 Å². The fourth-order valence-electron chi connectivity index (χ4n) is 2.67. The minimum absolute atomic E-state index is 0.162. The molecule has 1 heterocycles. The molecule has 3 nitrogen and oxygen atoms in total. The average Bonchev–Trinajstić information content (AvgIpc) is 3.20. The van der Waals surface area contributed by atoms with Gasteiger partial charge in [-0.3, -0.25) is 4.79 Å². The van der Waals surface area contributed by atoms with Gasteiger partial charge in [0.15, 0.2) is 0 Å². The van der Waals surface area contributed by atoms with Crippen molar-refractivity contribution in [1.82, 2.24) is 10.3 Å². The van der Waals surface area contributed by atoms with E-state index in [-0.39, 0.29) is 5.91 Å². The molecule has 0 saturated heterocycles. The van der Waals surface area contributed by atoms with Crippen LogP contribution < -0.4 is 5.32 Å². The van der Waals surface area contributed by atoms with Gasteiger partial charge in [0.1, 0.15) is 5.01 Å². The molecule has 0 bridgehead atoms. The lowest BCUT2D eigenvalue weighted by atomic mass is 10.2. The first-order valence-electron chi connectivity index (χ1n) is 7.68. The Balaban J connectivity index is 1.44. The maximum atomic E-state index is 11.9. The minimum atomic E-state index is 0.162. The molecule has 1 aliphatic rings. The number of aromatic nitrogens is 1. The van der Waals surface area contributed by atoms with E-state index in [0.717, 1.165) is 34.9 Å². The summed E-state index contributed by atoms with van der Waals surface area (Å²) in [5, 5.41) is 6.25. The summed E-state index contributed by atoms with van der Waals surface area (Å²) in [6.07, 6.45) is 4.78. The van der Waals surface area contributed by atoms with Crippen molar-refractivity contribution in [3.8, 4) is 10.6 Å². The molecule has 1 N–H and O–H groups in total. The van der Waals surface area contributed by atoms with Gasteiger partial charge in [0.25, 0.3) is 0 Å². The zero-order valence-electron chi connectivity index (χ0n) is 12.5. The summed E-state index contributed by atoms with van der Waals surface area (Å²) in [6, 6.07) is 10.6. The second-order valence-electron chi connectivity index (χ2n) is 5.55. The molecule has 0 atom stereocenters. The third-order valence-corrected chi connectivity index (χ3v) is 5.68. The molecular weight excluding hydrogens is 312 g/mol. The van der Waals surface area contributed by atoms with Crippen molar-refractivity contribution >= 4 is 29.0 Å². The van der Waals surface area contributed by atoms with Crippen LogP contribution in [0.25, 0.3) is 10.6 Å². The van der Waals surface area contributed by atoms with Gasteiger partial charge in [0.2, 0.25) is 5.91 Å². The number of carbonyl (C=O) groups is 1. The first-order valence-corrected chi connectivity index (χ1v) is 9.71. The number of hydrogen-bond acceptors (Lipinski definition) is 4. The number of benzene rings is 1. The SMILES string of the molecule is O=C(CSCc1csc(-c2ccccc2)n1)NC1CCCC1. The molecule has 2 aromatic rings. The topological polar surface area (TPSA) is 42.0 Å². The summed E-state index contributed by atoms with van der Waals surface area (Å²) in [7, 11) is 0. The highest BCUT2D eigenvalue weighted by Gasteiger charge is 2.16. The lowest BCUT2D eigenvalue weighted by molar-refractivity contribution is -0.119. The molecule has 116 valence electrons. The highest BCUT2D eigenvalue weighted by molar-refractivity contribution is 7.99. The van der Waals surface area contributed by atoms with Gasteiger partial charge in [-0.15, -0.1) is 23.1 Å². The van der Waals surface area contributed by atoms with Crippen LogP contribution in [0.3, 0.4) is 0 Å². The minimum Gasteiger partial charge on any atom is -0.353 e. The van der Waals surface area contributed by atoms with Crippen LogP contribution in [0.2, 0.25) is 0 Å². The van der Waals surface area contributed by atoms with E-state index in [9.17, 15) is 4.79 Å². The molecule has 1 aromatic carbocycles. The number of amides is 1. The number of hydrogen-bond donors (Lipinski definition) is 1. The molecule has 1 fully saturated rings. The van der Waals surface area contributed by atoms with E-state index in [0.29, 0.717) is 11.8 Å². The largest absolute Gasteiger partial charge is 0.353 e. The second-order valence-corrected chi connectivity index (χ2v) is 7.40. The van der Waals surface area contributed by atoms with E-state index in [1.54, 1.807) is 23.1 Å². The summed E-state index contributed by atoms with van der Waals surface area (Å²) in [5.74, 6) is 1.48. The highest BCUT2D eigenvalue weighted by atomic mass is 32.2. The number of carbonyl (C=O) groups excluding carboxylic acids is 1. The number of thiazole rings is 1. The molecule has 1 aromatic heterocycles. The van der Waals surface area contributed by atoms with Crippen molar-refractivity contribution in [2.75, 3.05) is 5.75 Å². The maximum Gasteiger partial charge on any atom is 0.230 e. The molecule has 1 amide bonds. The van der Waals surface area contributed by atoms with Crippen molar-refractivity contribution in [3.05, 3.63) is 41.4 Å². The number of thioether (sulfide) groups is 1. The van der Waals surface area contributed by atoms with Crippen LogP contribution in [-0.2, 0) is 10.5 Å². The molecule has 3 rings (SSSR count). The third kappa shape index (κ3) is 4.34. The van der Waals surface area contributed by atoms with Crippen LogP contribution in [0.1, 0.15) is 31.4 Å².